The van der Waals surface area contributed by atoms with Crippen LogP contribution in [0.25, 0.3) is 0 Å². The number of nitrogens with zero attached hydrogens (tertiary/aromatic N) is 1. The summed E-state index contributed by atoms with van der Waals surface area (Å²) < 4.78 is 4.60. The molecule has 0 amide bonds. The molecule has 4 heteroatoms. The van der Waals surface area contributed by atoms with Gasteiger partial charge in [-0.2, -0.15) is 0 Å². The van der Waals surface area contributed by atoms with Crippen LogP contribution in [0.1, 0.15) is 32.6 Å². The fourth-order valence-corrected chi connectivity index (χ4v) is 2.35. The van der Waals surface area contributed by atoms with Crippen molar-refractivity contribution >= 4 is 5.97 Å². The Morgan fingerprint density at radius 2 is 2.38 bits per heavy atom. The van der Waals surface area contributed by atoms with Gasteiger partial charge in [-0.1, -0.05) is 13.3 Å². The zero-order valence-electron chi connectivity index (χ0n) is 10.4. The second-order valence-electron chi connectivity index (χ2n) is 4.66. The topological polar surface area (TPSA) is 55.6 Å². The van der Waals surface area contributed by atoms with Crippen molar-refractivity contribution < 1.29 is 9.53 Å². The van der Waals surface area contributed by atoms with Gasteiger partial charge in [0.05, 0.1) is 7.11 Å². The van der Waals surface area contributed by atoms with Gasteiger partial charge in [-0.15, -0.1) is 0 Å². The molecule has 0 saturated carbocycles. The molecule has 0 spiro atoms. The van der Waals surface area contributed by atoms with Crippen LogP contribution in [0.5, 0.6) is 0 Å². The van der Waals surface area contributed by atoms with Crippen molar-refractivity contribution in [3.8, 4) is 0 Å². The first kappa shape index (κ1) is 13.5. The monoisotopic (exact) mass is 228 g/mol. The third-order valence-electron chi connectivity index (χ3n) is 3.33. The maximum Gasteiger partial charge on any atom is 0.322 e. The minimum Gasteiger partial charge on any atom is -0.468 e. The van der Waals surface area contributed by atoms with Crippen LogP contribution in [-0.2, 0) is 9.53 Å². The van der Waals surface area contributed by atoms with Crippen LogP contribution in [0.3, 0.4) is 0 Å². The molecule has 4 nitrogen and oxygen atoms in total. The van der Waals surface area contributed by atoms with E-state index in [9.17, 15) is 4.79 Å². The van der Waals surface area contributed by atoms with E-state index in [4.69, 9.17) is 5.73 Å². The summed E-state index contributed by atoms with van der Waals surface area (Å²) in [4.78, 5) is 13.5. The molecule has 1 rings (SSSR count). The third kappa shape index (κ3) is 4.10. The highest BCUT2D eigenvalue weighted by Gasteiger charge is 2.23. The largest absolute Gasteiger partial charge is 0.468 e. The number of esters is 1. The summed E-state index contributed by atoms with van der Waals surface area (Å²) in [6.07, 6.45) is 4.58. The van der Waals surface area contributed by atoms with Gasteiger partial charge in [-0.05, 0) is 31.7 Å². The average molecular weight is 228 g/mol. The first-order chi connectivity index (χ1) is 7.67. The summed E-state index contributed by atoms with van der Waals surface area (Å²) in [5.74, 6) is 0.545. The van der Waals surface area contributed by atoms with Crippen molar-refractivity contribution in [1.29, 1.82) is 0 Å². The molecule has 1 aliphatic rings. The Labute approximate surface area is 98.1 Å². The Hall–Kier alpha value is -0.610. The smallest absolute Gasteiger partial charge is 0.322 e. The third-order valence-corrected chi connectivity index (χ3v) is 3.33. The summed E-state index contributed by atoms with van der Waals surface area (Å²) in [6, 6.07) is -0.463. The Morgan fingerprint density at radius 1 is 1.62 bits per heavy atom. The summed E-state index contributed by atoms with van der Waals surface area (Å²) in [6.45, 7) is 5.46. The summed E-state index contributed by atoms with van der Waals surface area (Å²) >= 11 is 0. The lowest BCUT2D eigenvalue weighted by molar-refractivity contribution is -0.142. The normalized spacial score (nSPS) is 23.3. The molecular formula is C12H24N2O2. The second-order valence-corrected chi connectivity index (χ2v) is 4.66. The summed E-state index contributed by atoms with van der Waals surface area (Å²) in [5.41, 5.74) is 5.70. The van der Waals surface area contributed by atoms with Crippen molar-refractivity contribution in [1.82, 2.24) is 4.90 Å². The van der Waals surface area contributed by atoms with Crippen molar-refractivity contribution in [3.63, 3.8) is 0 Å². The zero-order chi connectivity index (χ0) is 12.0. The van der Waals surface area contributed by atoms with Crippen molar-refractivity contribution in [2.24, 2.45) is 11.7 Å². The van der Waals surface area contributed by atoms with E-state index >= 15 is 0 Å². The molecule has 16 heavy (non-hydrogen) atoms. The number of rotatable bonds is 6. The number of ether oxygens (including phenoxy) is 1. The molecule has 0 aromatic heterocycles. The van der Waals surface area contributed by atoms with Crippen molar-refractivity contribution in [3.05, 3.63) is 0 Å². The number of likely N-dealkylation sites (tertiary alicyclic amines) is 1. The lowest BCUT2D eigenvalue weighted by atomic mass is 10.0. The highest BCUT2D eigenvalue weighted by atomic mass is 16.5. The zero-order valence-corrected chi connectivity index (χ0v) is 10.4. The van der Waals surface area contributed by atoms with Gasteiger partial charge in [0.1, 0.15) is 6.04 Å². The quantitative estimate of drug-likeness (QED) is 0.689. The Morgan fingerprint density at radius 3 is 3.00 bits per heavy atom. The molecule has 2 atom stereocenters. The fourth-order valence-electron chi connectivity index (χ4n) is 2.35. The fraction of sp³-hybridized carbons (Fsp3) is 0.917. The van der Waals surface area contributed by atoms with Gasteiger partial charge in [0.25, 0.3) is 0 Å². The number of carbonyl (C=O) groups is 1. The van der Waals surface area contributed by atoms with Crippen LogP contribution < -0.4 is 5.73 Å². The molecular weight excluding hydrogens is 204 g/mol. The predicted molar refractivity (Wildman–Crippen MR) is 64.1 cm³/mol. The number of nitrogens with two attached hydrogens (primary N) is 1. The van der Waals surface area contributed by atoms with E-state index in [-0.39, 0.29) is 5.97 Å². The highest BCUT2D eigenvalue weighted by Crippen LogP contribution is 2.20. The number of hydrogen-bond acceptors (Lipinski definition) is 4. The van der Waals surface area contributed by atoms with Gasteiger partial charge < -0.3 is 15.4 Å². The number of hydrogen-bond donors (Lipinski definition) is 1. The van der Waals surface area contributed by atoms with Crippen molar-refractivity contribution in [2.45, 2.75) is 38.6 Å². The molecule has 1 heterocycles. The SMILES string of the molecule is CCCC1CCN(CCC(N)C(=O)OC)C1. The molecule has 1 aliphatic heterocycles. The van der Waals surface area contributed by atoms with E-state index in [1.54, 1.807) is 0 Å². The molecule has 1 fully saturated rings. The first-order valence-corrected chi connectivity index (χ1v) is 6.23. The summed E-state index contributed by atoms with van der Waals surface area (Å²) in [7, 11) is 1.38. The van der Waals surface area contributed by atoms with Crippen LogP contribution in [0.15, 0.2) is 0 Å². The van der Waals surface area contributed by atoms with Crippen LogP contribution in [0.2, 0.25) is 0 Å². The maximum absolute atomic E-state index is 11.1. The predicted octanol–water partition coefficient (Wildman–Crippen LogP) is 0.999. The number of carbonyl (C=O) groups excluding carboxylic acids is 1. The molecule has 0 aromatic carbocycles. The van der Waals surface area contributed by atoms with E-state index in [2.05, 4.69) is 16.6 Å². The molecule has 1 saturated heterocycles. The summed E-state index contributed by atoms with van der Waals surface area (Å²) in [5, 5.41) is 0. The minimum atomic E-state index is -0.463. The Kier molecular flexibility index (Phi) is 5.77. The first-order valence-electron chi connectivity index (χ1n) is 6.23. The molecule has 0 aliphatic carbocycles. The van der Waals surface area contributed by atoms with Gasteiger partial charge in [0.2, 0.25) is 0 Å². The molecule has 94 valence electrons. The lowest BCUT2D eigenvalue weighted by Gasteiger charge is -2.17. The van der Waals surface area contributed by atoms with Gasteiger partial charge in [-0.25, -0.2) is 0 Å². The highest BCUT2D eigenvalue weighted by molar-refractivity contribution is 5.75. The molecule has 0 aromatic rings. The van der Waals surface area contributed by atoms with E-state index in [1.165, 1.54) is 32.9 Å². The maximum atomic E-state index is 11.1. The van der Waals surface area contributed by atoms with Crippen LogP contribution in [-0.4, -0.2) is 43.7 Å². The van der Waals surface area contributed by atoms with E-state index in [0.29, 0.717) is 6.42 Å². The Balaban J connectivity index is 2.17. The van der Waals surface area contributed by atoms with E-state index in [1.807, 2.05) is 0 Å². The van der Waals surface area contributed by atoms with Crippen LogP contribution in [0, 0.1) is 5.92 Å². The molecule has 2 unspecified atom stereocenters. The van der Waals surface area contributed by atoms with Crippen molar-refractivity contribution in [2.75, 3.05) is 26.7 Å². The van der Waals surface area contributed by atoms with E-state index in [0.717, 1.165) is 19.0 Å². The van der Waals surface area contributed by atoms with Gasteiger partial charge in [-0.3, -0.25) is 4.79 Å². The lowest BCUT2D eigenvalue weighted by Crippen LogP contribution is -2.35. The van der Waals surface area contributed by atoms with Crippen LogP contribution in [0.4, 0.5) is 0 Å². The average Bonchev–Trinajstić information content (AvgIpc) is 2.73. The van der Waals surface area contributed by atoms with E-state index < -0.39 is 6.04 Å². The Bertz CT molecular complexity index is 221. The minimum absolute atomic E-state index is 0.302. The molecule has 2 N–H and O–H groups in total. The van der Waals surface area contributed by atoms with Gasteiger partial charge in [0.15, 0.2) is 0 Å². The van der Waals surface area contributed by atoms with Gasteiger partial charge >= 0.3 is 5.97 Å². The standard InChI is InChI=1S/C12H24N2O2/c1-3-4-10-5-7-14(9-10)8-6-11(13)12(15)16-2/h10-11H,3-9,13H2,1-2H3. The number of methoxy groups -OCH3 is 1. The molecule has 0 bridgehead atoms. The van der Waals surface area contributed by atoms with Gasteiger partial charge in [0, 0.05) is 13.1 Å². The second kappa shape index (κ2) is 6.86. The molecule has 0 radical (unpaired) electrons. The van der Waals surface area contributed by atoms with Crippen LogP contribution >= 0.6 is 0 Å².